The average molecular weight is 459 g/mol. The molecule has 0 N–H and O–H groups in total. The lowest BCUT2D eigenvalue weighted by Gasteiger charge is -2.31. The molecule has 0 fully saturated rings. The number of nitrogens with zero attached hydrogens (tertiary/aromatic N) is 1. The van der Waals surface area contributed by atoms with Crippen molar-refractivity contribution < 1.29 is 39.3 Å². The van der Waals surface area contributed by atoms with Gasteiger partial charge in [0.1, 0.15) is 5.75 Å². The van der Waals surface area contributed by atoms with Gasteiger partial charge in [-0.05, 0) is 22.0 Å². The number of hydrogen-bond acceptors (Lipinski definition) is 5. The molecule has 1 aromatic carbocycles. The number of benzene rings is 1. The van der Waals surface area contributed by atoms with Crippen molar-refractivity contribution in [3.05, 3.63) is 27.2 Å². The summed E-state index contributed by atoms with van der Waals surface area (Å²) in [4.78, 5) is 3.24. The van der Waals surface area contributed by atoms with E-state index in [4.69, 9.17) is 16.3 Å². The summed E-state index contributed by atoms with van der Waals surface area (Å²) in [6, 6.07) is 2.07. The van der Waals surface area contributed by atoms with Gasteiger partial charge in [0, 0.05) is 10.5 Å². The zero-order valence-electron chi connectivity index (χ0n) is 11.2. The molecule has 1 aliphatic rings. The summed E-state index contributed by atoms with van der Waals surface area (Å²) in [6.45, 7) is -3.18. The van der Waals surface area contributed by atoms with E-state index in [2.05, 4.69) is 25.1 Å². The fourth-order valence-electron chi connectivity index (χ4n) is 1.62. The maximum Gasteiger partial charge on any atom is 0.534 e. The number of aliphatic imine (C=N–C) groups is 1. The van der Waals surface area contributed by atoms with Crippen LogP contribution in [0.15, 0.2) is 21.6 Å². The lowest BCUT2D eigenvalue weighted by Crippen LogP contribution is -2.44. The fourth-order valence-corrected chi connectivity index (χ4v) is 2.54. The van der Waals surface area contributed by atoms with Gasteiger partial charge in [-0.1, -0.05) is 11.6 Å². The minimum absolute atomic E-state index is 0.000273. The Morgan fingerprint density at radius 1 is 1.29 bits per heavy atom. The molecule has 134 valence electrons. The monoisotopic (exact) mass is 457 g/mol. The molecule has 0 aromatic heterocycles. The highest BCUT2D eigenvalue weighted by Crippen LogP contribution is 2.38. The van der Waals surface area contributed by atoms with Crippen LogP contribution in [-0.4, -0.2) is 38.9 Å². The molecule has 0 bridgehead atoms. The van der Waals surface area contributed by atoms with Gasteiger partial charge in [-0.25, -0.2) is 8.78 Å². The van der Waals surface area contributed by atoms with Crippen molar-refractivity contribution in [1.82, 2.24) is 0 Å². The fraction of sp³-hybridized carbons (Fsp3) is 0.364. The molecule has 0 radical (unpaired) electrons. The molecule has 5 nitrogen and oxygen atoms in total. The Morgan fingerprint density at radius 2 is 1.88 bits per heavy atom. The third-order valence-corrected chi connectivity index (χ3v) is 4.89. The smallest absolute Gasteiger partial charge is 0.459 e. The topological polar surface area (TPSA) is 65.0 Å². The van der Waals surface area contributed by atoms with Gasteiger partial charge in [0.2, 0.25) is 5.90 Å². The highest BCUT2D eigenvalue weighted by atomic mass is 79.9. The molecule has 0 saturated heterocycles. The highest BCUT2D eigenvalue weighted by Gasteiger charge is 2.50. The van der Waals surface area contributed by atoms with Crippen LogP contribution in [0.5, 0.6) is 5.75 Å². The van der Waals surface area contributed by atoms with Gasteiger partial charge >= 0.3 is 15.6 Å². The standard InChI is InChI=1S/C11H6BrClF5NO4S/c12-6-1-5-8(2-7(6)13)22-10(3-14,4-15)19-9(5)23-24(20,21)11(16,17)18/h1-2H,3-4H2. The van der Waals surface area contributed by atoms with E-state index in [-0.39, 0.29) is 20.8 Å². The van der Waals surface area contributed by atoms with Crippen molar-refractivity contribution in [2.45, 2.75) is 11.2 Å². The molecule has 0 saturated carbocycles. The van der Waals surface area contributed by atoms with E-state index < -0.39 is 40.6 Å². The minimum Gasteiger partial charge on any atom is -0.459 e. The van der Waals surface area contributed by atoms with Crippen molar-refractivity contribution >= 4 is 43.5 Å². The van der Waals surface area contributed by atoms with Crippen molar-refractivity contribution in [3.63, 3.8) is 0 Å². The number of ether oxygens (including phenoxy) is 1. The molecule has 1 aliphatic heterocycles. The lowest BCUT2D eigenvalue weighted by molar-refractivity contribution is -0.0507. The normalized spacial score (nSPS) is 16.9. The van der Waals surface area contributed by atoms with E-state index in [1.807, 2.05) is 0 Å². The van der Waals surface area contributed by atoms with E-state index in [0.29, 0.717) is 0 Å². The molecule has 0 spiro atoms. The van der Waals surface area contributed by atoms with Crippen LogP contribution in [0.1, 0.15) is 5.56 Å². The predicted molar refractivity (Wildman–Crippen MR) is 77.1 cm³/mol. The second kappa shape index (κ2) is 6.30. The van der Waals surface area contributed by atoms with Gasteiger partial charge in [-0.3, -0.25) is 0 Å². The van der Waals surface area contributed by atoms with Crippen LogP contribution >= 0.6 is 27.5 Å². The summed E-state index contributed by atoms with van der Waals surface area (Å²) in [5.74, 6) is -1.55. The molecule has 1 aromatic rings. The molecule has 1 heterocycles. The number of alkyl halides is 5. The van der Waals surface area contributed by atoms with Crippen LogP contribution in [-0.2, 0) is 14.3 Å². The molecular formula is C11H6BrClF5NO4S. The first kappa shape index (κ1) is 19.2. The Balaban J connectivity index is 2.62. The number of hydrogen-bond donors (Lipinski definition) is 0. The van der Waals surface area contributed by atoms with Gasteiger partial charge in [0.15, 0.2) is 13.3 Å². The third-order valence-electron chi connectivity index (χ3n) is 2.75. The van der Waals surface area contributed by atoms with Crippen molar-refractivity contribution in [2.75, 3.05) is 13.3 Å². The second-order valence-electron chi connectivity index (χ2n) is 4.48. The summed E-state index contributed by atoms with van der Waals surface area (Å²) in [5.41, 5.74) is -8.71. The Labute approximate surface area is 145 Å². The Morgan fingerprint density at radius 3 is 2.38 bits per heavy atom. The first-order valence-electron chi connectivity index (χ1n) is 5.85. The summed E-state index contributed by atoms with van der Waals surface area (Å²) in [5, 5.41) is 0.000273. The minimum atomic E-state index is -6.11. The maximum absolute atomic E-state index is 13.1. The highest BCUT2D eigenvalue weighted by molar-refractivity contribution is 9.10. The van der Waals surface area contributed by atoms with Crippen LogP contribution in [0.2, 0.25) is 5.02 Å². The maximum atomic E-state index is 13.1. The van der Waals surface area contributed by atoms with E-state index in [9.17, 15) is 30.4 Å². The van der Waals surface area contributed by atoms with Gasteiger partial charge in [0.05, 0.1) is 10.6 Å². The Hall–Kier alpha value is -1.14. The quantitative estimate of drug-likeness (QED) is 0.393. The van der Waals surface area contributed by atoms with E-state index in [1.54, 1.807) is 0 Å². The van der Waals surface area contributed by atoms with Gasteiger partial charge in [-0.15, -0.1) is 0 Å². The molecule has 0 unspecified atom stereocenters. The predicted octanol–water partition coefficient (Wildman–Crippen LogP) is 3.74. The van der Waals surface area contributed by atoms with Crippen molar-refractivity contribution in [2.24, 2.45) is 4.99 Å². The van der Waals surface area contributed by atoms with Gasteiger partial charge < -0.3 is 8.92 Å². The zero-order chi connectivity index (χ0) is 18.3. The van der Waals surface area contributed by atoms with Crippen LogP contribution in [0.25, 0.3) is 0 Å². The van der Waals surface area contributed by atoms with E-state index in [1.165, 1.54) is 0 Å². The summed E-state index contributed by atoms with van der Waals surface area (Å²) < 4.78 is 95.1. The first-order chi connectivity index (χ1) is 10.9. The second-order valence-corrected chi connectivity index (χ2v) is 7.28. The SMILES string of the molecule is O=S(=O)(OC1=NC(CF)(CF)Oc2cc(Cl)c(Br)cc21)C(F)(F)F. The van der Waals surface area contributed by atoms with Gasteiger partial charge in [0.25, 0.3) is 5.72 Å². The van der Waals surface area contributed by atoms with Crippen molar-refractivity contribution in [1.29, 1.82) is 0 Å². The summed E-state index contributed by atoms with van der Waals surface area (Å²) in [6.07, 6.45) is 0. The summed E-state index contributed by atoms with van der Waals surface area (Å²) in [7, 11) is -6.11. The van der Waals surface area contributed by atoms with Crippen LogP contribution in [0.3, 0.4) is 0 Å². The summed E-state index contributed by atoms with van der Waals surface area (Å²) >= 11 is 8.75. The average Bonchev–Trinajstić information content (AvgIpc) is 2.47. The van der Waals surface area contributed by atoms with Crippen molar-refractivity contribution in [3.8, 4) is 5.75 Å². The number of fused-ring (bicyclic) bond motifs is 1. The van der Waals surface area contributed by atoms with E-state index >= 15 is 0 Å². The first-order valence-corrected chi connectivity index (χ1v) is 8.43. The molecule has 0 amide bonds. The number of rotatable bonds is 3. The largest absolute Gasteiger partial charge is 0.534 e. The third kappa shape index (κ3) is 3.45. The Bertz CT molecular complexity index is 794. The van der Waals surface area contributed by atoms with Gasteiger partial charge in [-0.2, -0.15) is 26.6 Å². The number of halogens is 7. The van der Waals surface area contributed by atoms with Crippen LogP contribution < -0.4 is 4.74 Å². The molecule has 13 heteroatoms. The van der Waals surface area contributed by atoms with E-state index in [0.717, 1.165) is 12.1 Å². The Kier molecular flexibility index (Phi) is 5.04. The molecular weight excluding hydrogens is 453 g/mol. The molecule has 2 rings (SSSR count). The molecule has 24 heavy (non-hydrogen) atoms. The molecule has 0 atom stereocenters. The zero-order valence-corrected chi connectivity index (χ0v) is 14.4. The molecule has 0 aliphatic carbocycles. The van der Waals surface area contributed by atoms with Crippen LogP contribution in [0, 0.1) is 0 Å². The van der Waals surface area contributed by atoms with Crippen LogP contribution in [0.4, 0.5) is 22.0 Å². The lowest BCUT2D eigenvalue weighted by atomic mass is 10.1.